The summed E-state index contributed by atoms with van der Waals surface area (Å²) in [7, 11) is -4.02. The summed E-state index contributed by atoms with van der Waals surface area (Å²) >= 11 is 0. The molecule has 2 N–H and O–H groups in total. The maximum atomic E-state index is 10.5. The van der Waals surface area contributed by atoms with E-state index in [9.17, 15) is 8.42 Å². The number of hydrogen-bond donors (Lipinski definition) is 2. The largest absolute Gasteiger partial charge is 0.454 e. The summed E-state index contributed by atoms with van der Waals surface area (Å²) in [5.41, 5.74) is 2.24. The van der Waals surface area contributed by atoms with Crippen molar-refractivity contribution in [3.8, 4) is 11.5 Å². The molecule has 0 radical (unpaired) electrons. The smallest absolute Gasteiger partial charge is 0.294 e. The normalized spacial score (nSPS) is 13.7. The minimum absolute atomic E-state index is 0.0666. The number of hydrogen-bond acceptors (Lipinski definition) is 5. The van der Waals surface area contributed by atoms with Crippen LogP contribution in [0.4, 0.5) is 0 Å². The van der Waals surface area contributed by atoms with Crippen molar-refractivity contribution in [2.75, 3.05) is 13.3 Å². The van der Waals surface area contributed by atoms with Crippen LogP contribution >= 0.6 is 0 Å². The Kier molecular flexibility index (Phi) is 7.02. The Bertz CT molecular complexity index is 818. The fourth-order valence-electron chi connectivity index (χ4n) is 2.55. The van der Waals surface area contributed by atoms with E-state index in [-0.39, 0.29) is 4.90 Å². The molecule has 0 unspecified atom stereocenters. The Balaban J connectivity index is 0.000000197. The van der Waals surface area contributed by atoms with Gasteiger partial charge in [-0.25, -0.2) is 0 Å². The Morgan fingerprint density at radius 2 is 1.77 bits per heavy atom. The summed E-state index contributed by atoms with van der Waals surface area (Å²) in [6, 6.07) is 12.6. The summed E-state index contributed by atoms with van der Waals surface area (Å²) in [6.07, 6.45) is 1.02. The minimum Gasteiger partial charge on any atom is -0.454 e. The third kappa shape index (κ3) is 6.01. The lowest BCUT2D eigenvalue weighted by atomic mass is 10.1. The average Bonchev–Trinajstić information content (AvgIpc) is 3.03. The van der Waals surface area contributed by atoms with Gasteiger partial charge in [-0.2, -0.15) is 8.42 Å². The van der Waals surface area contributed by atoms with E-state index >= 15 is 0 Å². The third-order valence-corrected chi connectivity index (χ3v) is 4.72. The first-order chi connectivity index (χ1) is 12.3. The molecular formula is C19H25NO5S. The molecule has 0 saturated heterocycles. The van der Waals surface area contributed by atoms with Gasteiger partial charge in [-0.15, -0.1) is 0 Å². The van der Waals surface area contributed by atoms with Crippen LogP contribution in [0.5, 0.6) is 11.5 Å². The topological polar surface area (TPSA) is 84.9 Å². The highest BCUT2D eigenvalue weighted by atomic mass is 32.2. The van der Waals surface area contributed by atoms with Crippen molar-refractivity contribution in [2.45, 2.75) is 38.1 Å². The van der Waals surface area contributed by atoms with Crippen LogP contribution in [0.15, 0.2) is 47.4 Å². The number of fused-ring (bicyclic) bond motifs is 1. The molecule has 1 heterocycles. The molecule has 0 spiro atoms. The van der Waals surface area contributed by atoms with Gasteiger partial charge in [0.05, 0.1) is 4.90 Å². The van der Waals surface area contributed by atoms with Crippen molar-refractivity contribution < 1.29 is 22.4 Å². The molecule has 2 aromatic carbocycles. The Hall–Kier alpha value is -2.09. The Labute approximate surface area is 154 Å². The lowest BCUT2D eigenvalue weighted by molar-refractivity contribution is 0.174. The van der Waals surface area contributed by atoms with Gasteiger partial charge in [-0.1, -0.05) is 30.7 Å². The van der Waals surface area contributed by atoms with Gasteiger partial charge in [-0.3, -0.25) is 4.55 Å². The number of nitrogens with one attached hydrogen (secondary N) is 1. The van der Waals surface area contributed by atoms with Gasteiger partial charge in [0.15, 0.2) is 11.5 Å². The van der Waals surface area contributed by atoms with Crippen LogP contribution in [0.2, 0.25) is 0 Å². The maximum absolute atomic E-state index is 10.5. The molecule has 7 heteroatoms. The zero-order valence-corrected chi connectivity index (χ0v) is 16.0. The summed E-state index contributed by atoms with van der Waals surface area (Å²) in [5, 5.41) is 3.39. The molecule has 0 fully saturated rings. The molecule has 1 aliphatic heterocycles. The zero-order chi connectivity index (χ0) is 19.2. The minimum atomic E-state index is -4.02. The molecule has 0 bridgehead atoms. The van der Waals surface area contributed by atoms with Gasteiger partial charge < -0.3 is 14.8 Å². The van der Waals surface area contributed by atoms with Gasteiger partial charge in [0.2, 0.25) is 6.79 Å². The first-order valence-corrected chi connectivity index (χ1v) is 9.89. The molecule has 142 valence electrons. The first-order valence-electron chi connectivity index (χ1n) is 8.45. The number of aryl methyl sites for hydroxylation is 1. The van der Waals surface area contributed by atoms with E-state index in [1.165, 1.54) is 17.7 Å². The van der Waals surface area contributed by atoms with Crippen molar-refractivity contribution in [2.24, 2.45) is 0 Å². The van der Waals surface area contributed by atoms with Gasteiger partial charge in [0.25, 0.3) is 10.1 Å². The fourth-order valence-corrected chi connectivity index (χ4v) is 3.03. The van der Waals surface area contributed by atoms with Crippen LogP contribution < -0.4 is 14.8 Å². The summed E-state index contributed by atoms with van der Waals surface area (Å²) in [4.78, 5) is -0.0666. The van der Waals surface area contributed by atoms with E-state index in [1.807, 2.05) is 13.0 Å². The molecule has 0 aromatic heterocycles. The zero-order valence-electron chi connectivity index (χ0n) is 15.2. The average molecular weight is 379 g/mol. The number of rotatable bonds is 5. The molecular weight excluding hydrogens is 354 g/mol. The lowest BCUT2D eigenvalue weighted by Crippen LogP contribution is -2.27. The SMILES string of the molecule is CCN[C@@H](C)Cc1ccc2c(c1)OCO2.Cc1ccc(S(=O)(=O)O)cc1. The summed E-state index contributed by atoms with van der Waals surface area (Å²) in [5.74, 6) is 1.73. The molecule has 0 amide bonds. The second-order valence-electron chi connectivity index (χ2n) is 6.14. The molecule has 0 saturated carbocycles. The van der Waals surface area contributed by atoms with Crippen molar-refractivity contribution in [1.82, 2.24) is 5.32 Å². The highest BCUT2D eigenvalue weighted by molar-refractivity contribution is 7.85. The van der Waals surface area contributed by atoms with Crippen molar-refractivity contribution in [3.63, 3.8) is 0 Å². The van der Waals surface area contributed by atoms with E-state index in [2.05, 4.69) is 31.3 Å². The summed E-state index contributed by atoms with van der Waals surface area (Å²) < 4.78 is 40.2. The van der Waals surface area contributed by atoms with E-state index in [0.29, 0.717) is 12.8 Å². The molecule has 3 rings (SSSR count). The van der Waals surface area contributed by atoms with Gasteiger partial charge in [0, 0.05) is 6.04 Å². The molecule has 26 heavy (non-hydrogen) atoms. The fraction of sp³-hybridized carbons (Fsp3) is 0.368. The Morgan fingerprint density at radius 1 is 1.12 bits per heavy atom. The van der Waals surface area contributed by atoms with Crippen molar-refractivity contribution >= 4 is 10.1 Å². The van der Waals surface area contributed by atoms with E-state index in [1.54, 1.807) is 12.1 Å². The molecule has 0 aliphatic carbocycles. The number of likely N-dealkylation sites (N-methyl/N-ethyl adjacent to an activating group) is 1. The lowest BCUT2D eigenvalue weighted by Gasteiger charge is -2.12. The van der Waals surface area contributed by atoms with Crippen LogP contribution in [0.3, 0.4) is 0 Å². The van der Waals surface area contributed by atoms with Crippen LogP contribution in [-0.4, -0.2) is 32.4 Å². The van der Waals surface area contributed by atoms with E-state index < -0.39 is 10.1 Å². The first kappa shape index (κ1) is 20.2. The molecule has 2 aromatic rings. The van der Waals surface area contributed by atoms with Crippen LogP contribution in [-0.2, 0) is 16.5 Å². The van der Waals surface area contributed by atoms with Crippen molar-refractivity contribution in [3.05, 3.63) is 53.6 Å². The highest BCUT2D eigenvalue weighted by Gasteiger charge is 2.13. The molecule has 6 nitrogen and oxygen atoms in total. The number of benzene rings is 2. The highest BCUT2D eigenvalue weighted by Crippen LogP contribution is 2.32. The Morgan fingerprint density at radius 3 is 2.38 bits per heavy atom. The van der Waals surface area contributed by atoms with Crippen LogP contribution in [0.25, 0.3) is 0 Å². The second-order valence-corrected chi connectivity index (χ2v) is 7.56. The second kappa shape index (κ2) is 9.02. The van der Waals surface area contributed by atoms with Gasteiger partial charge in [0.1, 0.15) is 0 Å². The monoisotopic (exact) mass is 379 g/mol. The predicted molar refractivity (Wildman–Crippen MR) is 100 cm³/mol. The summed E-state index contributed by atoms with van der Waals surface area (Å²) in [6.45, 7) is 7.51. The van der Waals surface area contributed by atoms with Crippen LogP contribution in [0, 0.1) is 6.92 Å². The molecule has 1 aliphatic rings. The maximum Gasteiger partial charge on any atom is 0.294 e. The standard InChI is InChI=1S/C12H17NO2.C7H8O3S/c1-3-13-9(2)6-10-4-5-11-12(7-10)15-8-14-11;1-6-2-4-7(5-3-6)11(8,9)10/h4-5,7,9,13H,3,6,8H2,1-2H3;2-5H,1H3,(H,8,9,10)/t9-;/m0./s1. The van der Waals surface area contributed by atoms with Crippen molar-refractivity contribution in [1.29, 1.82) is 0 Å². The van der Waals surface area contributed by atoms with Gasteiger partial charge in [-0.05, 0) is 56.6 Å². The van der Waals surface area contributed by atoms with Crippen LogP contribution in [0.1, 0.15) is 25.0 Å². The number of ether oxygens (including phenoxy) is 2. The van der Waals surface area contributed by atoms with Gasteiger partial charge >= 0.3 is 0 Å². The third-order valence-electron chi connectivity index (χ3n) is 3.85. The molecule has 1 atom stereocenters. The van der Waals surface area contributed by atoms with E-state index in [0.717, 1.165) is 30.0 Å². The quantitative estimate of drug-likeness (QED) is 0.776. The predicted octanol–water partition coefficient (Wildman–Crippen LogP) is 3.20. The van der Waals surface area contributed by atoms with E-state index in [4.69, 9.17) is 14.0 Å².